The quantitative estimate of drug-likeness (QED) is 0.124. The molecule has 5 heteroatoms. The third-order valence-electron chi connectivity index (χ3n) is 8.29. The fourth-order valence-electron chi connectivity index (χ4n) is 6.02. The molecule has 0 aliphatic rings. The van der Waals surface area contributed by atoms with Gasteiger partial charge >= 0.3 is 0 Å². The van der Waals surface area contributed by atoms with Gasteiger partial charge in [-0.1, -0.05) is 131 Å². The van der Waals surface area contributed by atoms with Crippen LogP contribution < -0.4 is 5.19 Å². The Labute approximate surface area is 316 Å². The molecule has 1 radical (unpaired) electrons. The Kier molecular flexibility index (Phi) is 10.2. The molecule has 0 aliphatic heterocycles. The zero-order valence-electron chi connectivity index (χ0n) is 33.1. The average Bonchev–Trinajstić information content (AvgIpc) is 3.49. The van der Waals surface area contributed by atoms with Crippen LogP contribution in [0, 0.1) is 17.5 Å². The van der Waals surface area contributed by atoms with Gasteiger partial charge in [-0.3, -0.25) is 0 Å². The maximum atomic E-state index is 8.60. The molecule has 0 amide bonds. The molecule has 0 saturated carbocycles. The van der Waals surface area contributed by atoms with Gasteiger partial charge < -0.3 is 14.4 Å². The first kappa shape index (κ1) is 33.0. The van der Waals surface area contributed by atoms with Crippen molar-refractivity contribution in [3.63, 3.8) is 0 Å². The van der Waals surface area contributed by atoms with Crippen molar-refractivity contribution in [3.05, 3.63) is 139 Å². The molecule has 0 spiro atoms. The second-order valence-corrected chi connectivity index (χ2v) is 19.7. The summed E-state index contributed by atoms with van der Waals surface area (Å²) in [6.07, 6.45) is 2.16. The number of rotatable bonds is 6. The molecule has 3 nitrogen and oxygen atoms in total. The molecule has 0 bridgehead atoms. The standard InChI is InChI=1S/C28H24NO.C17H22NSi.Ir/c1-28(2,3)18-19-14-15-29-24(16-19)21-12-13-23-26(17-21)30-25-11-7-10-22(27(23)25)20-8-5-4-6-9-20;1-13(2)15-11-16(14-9-7-6-8-10-14)18-12-17(15)19(3,4)5;/h4-16H,18H2,1-3H3;6-9,11-13H,1-5H3;/q2*-1;/i18D2;13D;. The fraction of sp³-hybridized carbons (Fsp3) is 0.244. The van der Waals surface area contributed by atoms with Crippen molar-refractivity contribution in [3.8, 4) is 33.6 Å². The molecular weight excluding hydrogens is 805 g/mol. The van der Waals surface area contributed by atoms with E-state index in [0.29, 0.717) is 16.8 Å². The van der Waals surface area contributed by atoms with E-state index >= 15 is 0 Å². The normalized spacial score (nSPS) is 13.1. The summed E-state index contributed by atoms with van der Waals surface area (Å²) in [5.41, 5.74) is 8.29. The van der Waals surface area contributed by atoms with Gasteiger partial charge in [-0.25, -0.2) is 0 Å². The van der Waals surface area contributed by atoms with Crippen molar-refractivity contribution in [2.45, 2.75) is 66.5 Å². The van der Waals surface area contributed by atoms with Gasteiger partial charge in [-0.2, -0.15) is 0 Å². The van der Waals surface area contributed by atoms with Crippen LogP contribution in [0.15, 0.2) is 120 Å². The largest absolute Gasteiger partial charge is 0.477 e. The van der Waals surface area contributed by atoms with Crippen LogP contribution in [-0.4, -0.2) is 18.0 Å². The molecule has 4 aromatic carbocycles. The number of benzene rings is 4. The van der Waals surface area contributed by atoms with Gasteiger partial charge in [-0.15, -0.1) is 53.6 Å². The van der Waals surface area contributed by atoms with Gasteiger partial charge in [0, 0.05) is 36.6 Å². The molecule has 0 saturated heterocycles. The zero-order chi connectivity index (χ0) is 37.5. The Hall–Kier alpha value is -4.15. The van der Waals surface area contributed by atoms with Crippen LogP contribution in [0.5, 0.6) is 0 Å². The van der Waals surface area contributed by atoms with Crippen LogP contribution in [0.25, 0.3) is 55.6 Å². The zero-order valence-corrected chi connectivity index (χ0v) is 33.5. The predicted octanol–water partition coefficient (Wildman–Crippen LogP) is 11.9. The van der Waals surface area contributed by atoms with Crippen molar-refractivity contribution < 1.29 is 28.6 Å². The van der Waals surface area contributed by atoms with Crippen LogP contribution in [0.3, 0.4) is 0 Å². The van der Waals surface area contributed by atoms with E-state index < -0.39 is 25.8 Å². The van der Waals surface area contributed by atoms with Crippen molar-refractivity contribution in [1.82, 2.24) is 9.97 Å². The Bertz CT molecular complexity index is 2340. The minimum absolute atomic E-state index is 0. The van der Waals surface area contributed by atoms with E-state index in [2.05, 4.69) is 66.0 Å². The number of hydrogen-bond donors (Lipinski definition) is 0. The number of aromatic nitrogens is 2. The molecule has 7 aromatic rings. The van der Waals surface area contributed by atoms with Crippen molar-refractivity contribution in [1.29, 1.82) is 0 Å². The van der Waals surface area contributed by atoms with Crippen molar-refractivity contribution in [2.24, 2.45) is 5.41 Å². The smallest absolute Gasteiger partial charge is 0.124 e. The van der Waals surface area contributed by atoms with Gasteiger partial charge in [0.2, 0.25) is 0 Å². The molecule has 50 heavy (non-hydrogen) atoms. The number of hydrogen-bond acceptors (Lipinski definition) is 3. The molecule has 3 heterocycles. The monoisotopic (exact) mass is 854 g/mol. The Balaban J connectivity index is 0.000000223. The fourth-order valence-corrected chi connectivity index (χ4v) is 7.60. The molecular formula is C45H46IrN2OSi-2. The number of furan rings is 1. The average molecular weight is 854 g/mol. The maximum absolute atomic E-state index is 8.60. The summed E-state index contributed by atoms with van der Waals surface area (Å²) in [5, 5.41) is 3.35. The first-order chi connectivity index (χ1) is 24.4. The number of pyridine rings is 2. The second-order valence-electron chi connectivity index (χ2n) is 14.7. The Morgan fingerprint density at radius 1 is 0.840 bits per heavy atom. The van der Waals surface area contributed by atoms with Gasteiger partial charge in [0.1, 0.15) is 5.58 Å². The third-order valence-corrected chi connectivity index (χ3v) is 10.3. The number of fused-ring (bicyclic) bond motifs is 3. The van der Waals surface area contributed by atoms with E-state index in [1.165, 1.54) is 5.19 Å². The summed E-state index contributed by atoms with van der Waals surface area (Å²) >= 11 is 0. The minimum atomic E-state index is -1.50. The van der Waals surface area contributed by atoms with E-state index in [0.717, 1.165) is 49.9 Å². The van der Waals surface area contributed by atoms with Gasteiger partial charge in [-0.05, 0) is 62.9 Å². The van der Waals surface area contributed by atoms with Crippen LogP contribution in [0.4, 0.5) is 0 Å². The van der Waals surface area contributed by atoms with E-state index in [9.17, 15) is 0 Å². The third kappa shape index (κ3) is 8.58. The molecule has 0 aliphatic carbocycles. The minimum Gasteiger partial charge on any atom is -0.477 e. The Morgan fingerprint density at radius 3 is 2.26 bits per heavy atom. The van der Waals surface area contributed by atoms with Crippen LogP contribution in [0.2, 0.25) is 19.6 Å². The summed E-state index contributed by atoms with van der Waals surface area (Å²) in [6.45, 7) is 16.5. The molecule has 0 unspecified atom stereocenters. The first-order valence-electron chi connectivity index (χ1n) is 18.3. The molecule has 0 fully saturated rings. The van der Waals surface area contributed by atoms with Crippen molar-refractivity contribution in [2.75, 3.05) is 0 Å². The first-order valence-corrected chi connectivity index (χ1v) is 20.3. The molecule has 0 N–H and O–H groups in total. The SMILES string of the molecule is [2H]C(C)(C)c1cc(-c2[c-]cccc2)ncc1[Si](C)(C)C.[2H]C([2H])(c1ccnc(-c2[c-]c3oc4cccc(-c5ccccc5)c4c3cc2)c1)C(C)(C)C.[Ir]. The topological polar surface area (TPSA) is 38.9 Å². The van der Waals surface area contributed by atoms with E-state index in [4.69, 9.17) is 8.53 Å². The van der Waals surface area contributed by atoms with Crippen LogP contribution in [-0.2, 0) is 26.5 Å². The Morgan fingerprint density at radius 2 is 1.58 bits per heavy atom. The van der Waals surface area contributed by atoms with Gasteiger partial charge in [0.05, 0.1) is 13.7 Å². The predicted molar refractivity (Wildman–Crippen MR) is 210 cm³/mol. The maximum Gasteiger partial charge on any atom is 0.124 e. The summed E-state index contributed by atoms with van der Waals surface area (Å²) in [6, 6.07) is 40.5. The molecule has 3 aromatic heterocycles. The van der Waals surface area contributed by atoms with E-state index in [-0.39, 0.29) is 20.1 Å². The summed E-state index contributed by atoms with van der Waals surface area (Å²) in [5.74, 6) is -0.609. The van der Waals surface area contributed by atoms with Gasteiger partial charge in [0.25, 0.3) is 0 Å². The molecule has 0 atom stereocenters. The second kappa shape index (κ2) is 15.4. The van der Waals surface area contributed by atoms with Gasteiger partial charge in [0.15, 0.2) is 0 Å². The summed E-state index contributed by atoms with van der Waals surface area (Å²) in [4.78, 5) is 9.10. The number of nitrogens with zero attached hydrogens (tertiary/aromatic N) is 2. The molecule has 257 valence electrons. The van der Waals surface area contributed by atoms with E-state index in [1.807, 2.05) is 114 Å². The van der Waals surface area contributed by atoms with Crippen molar-refractivity contribution >= 4 is 35.2 Å². The van der Waals surface area contributed by atoms with Crippen LogP contribution >= 0.6 is 0 Å². The molecule has 7 rings (SSSR count). The summed E-state index contributed by atoms with van der Waals surface area (Å²) in [7, 11) is -1.50. The van der Waals surface area contributed by atoms with Crippen LogP contribution in [0.1, 0.15) is 55.8 Å². The van der Waals surface area contributed by atoms with E-state index in [1.54, 1.807) is 12.3 Å². The summed E-state index contributed by atoms with van der Waals surface area (Å²) < 4.78 is 31.8.